The van der Waals surface area contributed by atoms with E-state index in [1.165, 1.54) is 7.11 Å². The number of amides is 1. The SMILES string of the molecule is COc1cccc(NC(=O)CNS(=O)(=O)c2ccc(F)cc2)c1. The molecule has 2 N–H and O–H groups in total. The minimum atomic E-state index is -3.88. The summed E-state index contributed by atoms with van der Waals surface area (Å²) in [7, 11) is -2.38. The van der Waals surface area contributed by atoms with Gasteiger partial charge >= 0.3 is 0 Å². The standard InChI is InChI=1S/C15H15FN2O4S/c1-22-13-4-2-3-12(9-13)18-15(19)10-17-23(20,21)14-7-5-11(16)6-8-14/h2-9,17H,10H2,1H3,(H,18,19). The molecule has 0 atom stereocenters. The second kappa shape index (κ2) is 7.21. The number of nitrogens with one attached hydrogen (secondary N) is 2. The van der Waals surface area contributed by atoms with E-state index in [1.54, 1.807) is 24.3 Å². The van der Waals surface area contributed by atoms with E-state index in [2.05, 4.69) is 10.0 Å². The van der Waals surface area contributed by atoms with Crippen molar-refractivity contribution >= 4 is 21.6 Å². The van der Waals surface area contributed by atoms with Crippen molar-refractivity contribution in [3.8, 4) is 5.75 Å². The zero-order valence-electron chi connectivity index (χ0n) is 12.2. The van der Waals surface area contributed by atoms with E-state index in [4.69, 9.17) is 4.74 Å². The van der Waals surface area contributed by atoms with Crippen LogP contribution in [-0.4, -0.2) is 28.0 Å². The molecule has 2 rings (SSSR count). The fourth-order valence-corrected chi connectivity index (χ4v) is 2.75. The van der Waals surface area contributed by atoms with Gasteiger partial charge in [0.25, 0.3) is 0 Å². The Kier molecular flexibility index (Phi) is 5.30. The first-order valence-corrected chi connectivity index (χ1v) is 8.08. The number of ether oxygens (including phenoxy) is 1. The minimum Gasteiger partial charge on any atom is -0.497 e. The van der Waals surface area contributed by atoms with Crippen molar-refractivity contribution < 1.29 is 22.3 Å². The Labute approximate surface area is 133 Å². The Hall–Kier alpha value is -2.45. The molecule has 0 heterocycles. The van der Waals surface area contributed by atoms with Crippen molar-refractivity contribution in [1.29, 1.82) is 0 Å². The van der Waals surface area contributed by atoms with Gasteiger partial charge in [0.05, 0.1) is 18.6 Å². The highest BCUT2D eigenvalue weighted by atomic mass is 32.2. The van der Waals surface area contributed by atoms with Gasteiger partial charge in [-0.25, -0.2) is 17.5 Å². The van der Waals surface area contributed by atoms with E-state index in [0.29, 0.717) is 11.4 Å². The van der Waals surface area contributed by atoms with Crippen LogP contribution in [0.4, 0.5) is 10.1 Å². The van der Waals surface area contributed by atoms with Gasteiger partial charge < -0.3 is 10.1 Å². The summed E-state index contributed by atoms with van der Waals surface area (Å²) in [6, 6.07) is 11.0. The fraction of sp³-hybridized carbons (Fsp3) is 0.133. The first-order valence-electron chi connectivity index (χ1n) is 6.60. The number of hydrogen-bond acceptors (Lipinski definition) is 4. The molecule has 0 aliphatic rings. The second-order valence-corrected chi connectivity index (χ2v) is 6.33. The zero-order valence-corrected chi connectivity index (χ0v) is 13.1. The van der Waals surface area contributed by atoms with Crippen molar-refractivity contribution in [2.24, 2.45) is 0 Å². The molecule has 0 saturated heterocycles. The van der Waals surface area contributed by atoms with E-state index in [1.807, 2.05) is 0 Å². The number of hydrogen-bond donors (Lipinski definition) is 2. The topological polar surface area (TPSA) is 84.5 Å². The zero-order chi connectivity index (χ0) is 16.9. The fourth-order valence-electron chi connectivity index (χ4n) is 1.76. The largest absolute Gasteiger partial charge is 0.497 e. The molecule has 0 fully saturated rings. The summed E-state index contributed by atoms with van der Waals surface area (Å²) in [5, 5.41) is 2.54. The lowest BCUT2D eigenvalue weighted by atomic mass is 10.3. The highest BCUT2D eigenvalue weighted by Gasteiger charge is 2.15. The molecule has 2 aromatic carbocycles. The molecule has 1 amide bonds. The predicted octanol–water partition coefficient (Wildman–Crippen LogP) is 1.75. The van der Waals surface area contributed by atoms with Crippen molar-refractivity contribution in [2.45, 2.75) is 4.90 Å². The second-order valence-electron chi connectivity index (χ2n) is 4.56. The lowest BCUT2D eigenvalue weighted by Crippen LogP contribution is -2.32. The lowest BCUT2D eigenvalue weighted by Gasteiger charge is -2.09. The maximum atomic E-state index is 12.8. The molecule has 0 unspecified atom stereocenters. The molecular weight excluding hydrogens is 323 g/mol. The Morgan fingerprint density at radius 1 is 1.17 bits per heavy atom. The van der Waals surface area contributed by atoms with Gasteiger partial charge in [0.1, 0.15) is 11.6 Å². The van der Waals surface area contributed by atoms with Gasteiger partial charge in [0.2, 0.25) is 15.9 Å². The molecular formula is C15H15FN2O4S. The average Bonchev–Trinajstić information content (AvgIpc) is 2.54. The molecule has 0 aliphatic heterocycles. The van der Waals surface area contributed by atoms with Gasteiger partial charge in [-0.05, 0) is 36.4 Å². The molecule has 8 heteroatoms. The summed E-state index contributed by atoms with van der Waals surface area (Å²) in [4.78, 5) is 11.7. The van der Waals surface area contributed by atoms with Crippen molar-refractivity contribution in [3.05, 3.63) is 54.3 Å². The van der Waals surface area contributed by atoms with Crippen LogP contribution in [0.25, 0.3) is 0 Å². The molecule has 122 valence electrons. The van der Waals surface area contributed by atoms with Crippen LogP contribution in [0.1, 0.15) is 0 Å². The monoisotopic (exact) mass is 338 g/mol. The molecule has 0 radical (unpaired) electrons. The third kappa shape index (κ3) is 4.76. The molecule has 23 heavy (non-hydrogen) atoms. The van der Waals surface area contributed by atoms with Gasteiger partial charge in [0, 0.05) is 11.8 Å². The lowest BCUT2D eigenvalue weighted by molar-refractivity contribution is -0.115. The average molecular weight is 338 g/mol. The summed E-state index contributed by atoms with van der Waals surface area (Å²) in [5.41, 5.74) is 0.482. The molecule has 0 aromatic heterocycles. The summed E-state index contributed by atoms with van der Waals surface area (Å²) in [6.07, 6.45) is 0. The molecule has 0 aliphatic carbocycles. The number of sulfonamides is 1. The van der Waals surface area contributed by atoms with Gasteiger partial charge in [-0.2, -0.15) is 0 Å². The quantitative estimate of drug-likeness (QED) is 0.840. The molecule has 0 bridgehead atoms. The maximum absolute atomic E-state index is 12.8. The van der Waals surface area contributed by atoms with Crippen LogP contribution in [0.5, 0.6) is 5.75 Å². The van der Waals surface area contributed by atoms with Crippen LogP contribution < -0.4 is 14.8 Å². The van der Waals surface area contributed by atoms with Crippen LogP contribution in [0.15, 0.2) is 53.4 Å². The van der Waals surface area contributed by atoms with E-state index in [-0.39, 0.29) is 4.90 Å². The predicted molar refractivity (Wildman–Crippen MR) is 83.2 cm³/mol. The number of halogens is 1. The highest BCUT2D eigenvalue weighted by molar-refractivity contribution is 7.89. The van der Waals surface area contributed by atoms with Crippen LogP contribution >= 0.6 is 0 Å². The Morgan fingerprint density at radius 2 is 1.87 bits per heavy atom. The smallest absolute Gasteiger partial charge is 0.241 e. The van der Waals surface area contributed by atoms with E-state index >= 15 is 0 Å². The summed E-state index contributed by atoms with van der Waals surface area (Å²) >= 11 is 0. The Balaban J connectivity index is 1.96. The summed E-state index contributed by atoms with van der Waals surface area (Å²) < 4.78 is 43.9. The van der Waals surface area contributed by atoms with Crippen molar-refractivity contribution in [2.75, 3.05) is 19.0 Å². The third-order valence-electron chi connectivity index (χ3n) is 2.90. The number of anilines is 1. The first kappa shape index (κ1) is 16.9. The van der Waals surface area contributed by atoms with Crippen molar-refractivity contribution in [3.63, 3.8) is 0 Å². The third-order valence-corrected chi connectivity index (χ3v) is 4.32. The number of benzene rings is 2. The summed E-state index contributed by atoms with van der Waals surface area (Å²) in [6.45, 7) is -0.448. The van der Waals surface area contributed by atoms with Crippen LogP contribution in [0, 0.1) is 5.82 Å². The van der Waals surface area contributed by atoms with Gasteiger partial charge in [-0.15, -0.1) is 0 Å². The van der Waals surface area contributed by atoms with E-state index in [0.717, 1.165) is 24.3 Å². The number of carbonyl (C=O) groups is 1. The first-order chi connectivity index (χ1) is 10.9. The molecule has 0 spiro atoms. The van der Waals surface area contributed by atoms with Crippen molar-refractivity contribution in [1.82, 2.24) is 4.72 Å². The molecule has 0 saturated carbocycles. The van der Waals surface area contributed by atoms with Crippen LogP contribution in [0.3, 0.4) is 0 Å². The Bertz CT molecular complexity index is 791. The number of rotatable bonds is 6. The van der Waals surface area contributed by atoms with E-state index in [9.17, 15) is 17.6 Å². The van der Waals surface area contributed by atoms with Gasteiger partial charge in [-0.1, -0.05) is 6.07 Å². The van der Waals surface area contributed by atoms with Gasteiger partial charge in [0.15, 0.2) is 0 Å². The molecule has 6 nitrogen and oxygen atoms in total. The van der Waals surface area contributed by atoms with Gasteiger partial charge in [-0.3, -0.25) is 4.79 Å². The minimum absolute atomic E-state index is 0.118. The summed E-state index contributed by atoms with van der Waals surface area (Å²) in [5.74, 6) is -0.515. The number of methoxy groups -OCH3 is 1. The van der Waals surface area contributed by atoms with E-state index < -0.39 is 28.3 Å². The van der Waals surface area contributed by atoms with Crippen LogP contribution in [-0.2, 0) is 14.8 Å². The van der Waals surface area contributed by atoms with Crippen LogP contribution in [0.2, 0.25) is 0 Å². The highest BCUT2D eigenvalue weighted by Crippen LogP contribution is 2.16. The normalized spacial score (nSPS) is 11.0. The molecule has 2 aromatic rings. The Morgan fingerprint density at radius 3 is 2.52 bits per heavy atom. The number of carbonyl (C=O) groups excluding carboxylic acids is 1. The maximum Gasteiger partial charge on any atom is 0.241 e.